The Balaban J connectivity index is 1.97. The van der Waals surface area contributed by atoms with Crippen LogP contribution >= 0.6 is 15.9 Å². The molecule has 1 saturated carbocycles. The van der Waals surface area contributed by atoms with Gasteiger partial charge in [-0.1, -0.05) is 59.5 Å². The predicted octanol–water partition coefficient (Wildman–Crippen LogP) is 4.07. The fraction of sp³-hybridized carbons (Fsp3) is 0.529. The number of esters is 1. The van der Waals surface area contributed by atoms with E-state index in [0.717, 1.165) is 36.8 Å². The van der Waals surface area contributed by atoms with Crippen LogP contribution < -0.4 is 0 Å². The zero-order valence-electron chi connectivity index (χ0n) is 12.4. The summed E-state index contributed by atoms with van der Waals surface area (Å²) in [6.07, 6.45) is 5.94. The van der Waals surface area contributed by atoms with E-state index >= 15 is 0 Å². The van der Waals surface area contributed by atoms with E-state index in [4.69, 9.17) is 4.74 Å². The summed E-state index contributed by atoms with van der Waals surface area (Å²) in [5.74, 6) is -0.0749. The summed E-state index contributed by atoms with van der Waals surface area (Å²) in [6.45, 7) is 1.78. The zero-order valence-corrected chi connectivity index (χ0v) is 13.9. The Morgan fingerprint density at radius 3 is 2.33 bits per heavy atom. The maximum atomic E-state index is 12.6. The van der Waals surface area contributed by atoms with Gasteiger partial charge in [-0.05, 0) is 18.4 Å². The quantitative estimate of drug-likeness (QED) is 0.455. The van der Waals surface area contributed by atoms with Gasteiger partial charge >= 0.3 is 5.97 Å². The summed E-state index contributed by atoms with van der Waals surface area (Å²) in [7, 11) is 0. The lowest BCUT2D eigenvalue weighted by Gasteiger charge is -2.30. The highest BCUT2D eigenvalue weighted by molar-refractivity contribution is 9.10. The molecule has 1 aliphatic carbocycles. The molecule has 2 rings (SSSR count). The first-order valence-electron chi connectivity index (χ1n) is 7.47. The molecule has 0 N–H and O–H groups in total. The third-order valence-electron chi connectivity index (χ3n) is 3.97. The summed E-state index contributed by atoms with van der Waals surface area (Å²) in [6, 6.07) is 7.64. The molecule has 1 aromatic carbocycles. The van der Waals surface area contributed by atoms with Crippen LogP contribution in [0.4, 0.5) is 0 Å². The number of carbonyl (C=O) groups is 2. The first-order valence-corrected chi connectivity index (χ1v) is 8.27. The van der Waals surface area contributed by atoms with Crippen LogP contribution in [0.15, 0.2) is 24.3 Å². The molecule has 114 valence electrons. The van der Waals surface area contributed by atoms with Crippen LogP contribution in [0.1, 0.15) is 54.9 Å². The summed E-state index contributed by atoms with van der Waals surface area (Å²) >= 11 is 3.67. The SMILES string of the molecule is CC(=O)OCCc1ccc(C(=O)C2(Br)CCCCC2)cc1. The number of hydrogen-bond acceptors (Lipinski definition) is 3. The third-order valence-corrected chi connectivity index (χ3v) is 5.12. The van der Waals surface area contributed by atoms with E-state index in [-0.39, 0.29) is 16.1 Å². The van der Waals surface area contributed by atoms with Gasteiger partial charge in [0.1, 0.15) is 0 Å². The van der Waals surface area contributed by atoms with Gasteiger partial charge in [0.15, 0.2) is 5.78 Å². The first-order chi connectivity index (χ1) is 10.0. The van der Waals surface area contributed by atoms with Crippen molar-refractivity contribution in [3.8, 4) is 0 Å². The number of Topliss-reactive ketones (excluding diaryl/α,β-unsaturated/α-hetero) is 1. The number of rotatable bonds is 5. The second kappa shape index (κ2) is 7.21. The highest BCUT2D eigenvalue weighted by atomic mass is 79.9. The van der Waals surface area contributed by atoms with E-state index < -0.39 is 0 Å². The van der Waals surface area contributed by atoms with Crippen molar-refractivity contribution in [1.82, 2.24) is 0 Å². The Bertz CT molecular complexity index is 501. The van der Waals surface area contributed by atoms with Crippen molar-refractivity contribution in [1.29, 1.82) is 0 Å². The average Bonchev–Trinajstić information content (AvgIpc) is 2.48. The van der Waals surface area contributed by atoms with E-state index in [1.54, 1.807) is 0 Å². The van der Waals surface area contributed by atoms with Crippen LogP contribution in [0.25, 0.3) is 0 Å². The minimum absolute atomic E-state index is 0.189. The van der Waals surface area contributed by atoms with Gasteiger partial charge < -0.3 is 4.74 Å². The van der Waals surface area contributed by atoms with Crippen molar-refractivity contribution in [2.45, 2.75) is 49.8 Å². The van der Waals surface area contributed by atoms with E-state index in [2.05, 4.69) is 15.9 Å². The van der Waals surface area contributed by atoms with Crippen LogP contribution in [0, 0.1) is 0 Å². The van der Waals surface area contributed by atoms with E-state index in [1.165, 1.54) is 13.3 Å². The maximum Gasteiger partial charge on any atom is 0.302 e. The zero-order chi connectivity index (χ0) is 15.3. The Morgan fingerprint density at radius 2 is 1.76 bits per heavy atom. The number of halogens is 1. The lowest BCUT2D eigenvalue weighted by atomic mass is 9.83. The Labute approximate surface area is 134 Å². The van der Waals surface area contributed by atoms with Gasteiger partial charge in [-0.3, -0.25) is 9.59 Å². The lowest BCUT2D eigenvalue weighted by Crippen LogP contribution is -2.34. The first kappa shape index (κ1) is 16.2. The van der Waals surface area contributed by atoms with Crippen molar-refractivity contribution in [2.24, 2.45) is 0 Å². The average molecular weight is 353 g/mol. The molecule has 0 saturated heterocycles. The standard InChI is InChI=1S/C17H21BrO3/c1-13(19)21-12-9-14-5-7-15(8-6-14)16(20)17(18)10-3-2-4-11-17/h5-8H,2-4,9-12H2,1H3. The highest BCUT2D eigenvalue weighted by Crippen LogP contribution is 2.38. The largest absolute Gasteiger partial charge is 0.466 e. The van der Waals surface area contributed by atoms with Gasteiger partial charge in [0.05, 0.1) is 10.9 Å². The second-order valence-electron chi connectivity index (χ2n) is 5.64. The van der Waals surface area contributed by atoms with Crippen molar-refractivity contribution < 1.29 is 14.3 Å². The van der Waals surface area contributed by atoms with E-state index in [1.807, 2.05) is 24.3 Å². The van der Waals surface area contributed by atoms with Crippen molar-refractivity contribution in [3.63, 3.8) is 0 Å². The minimum Gasteiger partial charge on any atom is -0.466 e. The molecule has 21 heavy (non-hydrogen) atoms. The maximum absolute atomic E-state index is 12.6. The Hall–Kier alpha value is -1.16. The molecule has 4 heteroatoms. The molecule has 1 fully saturated rings. The monoisotopic (exact) mass is 352 g/mol. The molecule has 0 unspecified atom stereocenters. The van der Waals surface area contributed by atoms with Gasteiger partial charge in [-0.25, -0.2) is 0 Å². The number of ketones is 1. The molecule has 0 atom stereocenters. The van der Waals surface area contributed by atoms with Gasteiger partial charge in [-0.2, -0.15) is 0 Å². The second-order valence-corrected chi connectivity index (χ2v) is 7.16. The molecule has 0 amide bonds. The number of carbonyl (C=O) groups excluding carboxylic acids is 2. The van der Waals surface area contributed by atoms with Crippen molar-refractivity contribution >= 4 is 27.7 Å². The predicted molar refractivity (Wildman–Crippen MR) is 85.9 cm³/mol. The van der Waals surface area contributed by atoms with Gasteiger partial charge in [0.2, 0.25) is 0 Å². The highest BCUT2D eigenvalue weighted by Gasteiger charge is 2.36. The molecule has 0 spiro atoms. The number of ether oxygens (including phenoxy) is 1. The molecule has 0 radical (unpaired) electrons. The van der Waals surface area contributed by atoms with Crippen LogP contribution in [-0.2, 0) is 16.0 Å². The molecular weight excluding hydrogens is 332 g/mol. The molecular formula is C17H21BrO3. The summed E-state index contributed by atoms with van der Waals surface area (Å²) in [5.41, 5.74) is 1.82. The molecule has 1 aromatic rings. The number of alkyl halides is 1. The van der Waals surface area contributed by atoms with Crippen LogP contribution in [0.3, 0.4) is 0 Å². The van der Waals surface area contributed by atoms with Crippen molar-refractivity contribution in [3.05, 3.63) is 35.4 Å². The summed E-state index contributed by atoms with van der Waals surface area (Å²) in [5, 5.41) is 0. The van der Waals surface area contributed by atoms with Crippen LogP contribution in [0.2, 0.25) is 0 Å². The molecule has 1 aliphatic rings. The Kier molecular flexibility index (Phi) is 5.57. The normalized spacial score (nSPS) is 17.2. The lowest BCUT2D eigenvalue weighted by molar-refractivity contribution is -0.140. The molecule has 0 heterocycles. The van der Waals surface area contributed by atoms with Crippen LogP contribution in [0.5, 0.6) is 0 Å². The Morgan fingerprint density at radius 1 is 1.14 bits per heavy atom. The minimum atomic E-state index is -0.371. The van der Waals surface area contributed by atoms with E-state index in [9.17, 15) is 9.59 Å². The molecule has 0 bridgehead atoms. The topological polar surface area (TPSA) is 43.4 Å². The van der Waals surface area contributed by atoms with Crippen LogP contribution in [-0.4, -0.2) is 22.7 Å². The molecule has 0 aliphatic heterocycles. The third kappa shape index (κ3) is 4.40. The summed E-state index contributed by atoms with van der Waals surface area (Å²) < 4.78 is 4.55. The smallest absolute Gasteiger partial charge is 0.302 e. The fourth-order valence-electron chi connectivity index (χ4n) is 2.73. The number of hydrogen-bond donors (Lipinski definition) is 0. The van der Waals surface area contributed by atoms with Gasteiger partial charge in [0.25, 0.3) is 0 Å². The van der Waals surface area contributed by atoms with Gasteiger partial charge in [-0.15, -0.1) is 0 Å². The van der Waals surface area contributed by atoms with Gasteiger partial charge in [0, 0.05) is 18.9 Å². The number of benzene rings is 1. The molecule has 3 nitrogen and oxygen atoms in total. The summed E-state index contributed by atoms with van der Waals surface area (Å²) in [4.78, 5) is 23.3. The fourth-order valence-corrected chi connectivity index (χ4v) is 3.52. The van der Waals surface area contributed by atoms with E-state index in [0.29, 0.717) is 13.0 Å². The molecule has 0 aromatic heterocycles. The van der Waals surface area contributed by atoms with Crippen molar-refractivity contribution in [2.75, 3.05) is 6.61 Å².